The SMILES string of the molecule is C/C=C(/C)C(=O)[O-]. The smallest absolute Gasteiger partial charge is 0.0668 e. The fourth-order valence-electron chi connectivity index (χ4n) is 0.118. The summed E-state index contributed by atoms with van der Waals surface area (Å²) < 4.78 is 0. The van der Waals surface area contributed by atoms with Crippen molar-refractivity contribution in [3.05, 3.63) is 11.6 Å². The Balaban J connectivity index is 3.82. The summed E-state index contributed by atoms with van der Waals surface area (Å²) in [4.78, 5) is 9.75. The Bertz CT molecular complexity index is 103. The summed E-state index contributed by atoms with van der Waals surface area (Å²) in [6, 6.07) is 0. The molecule has 0 N–H and O–H groups in total. The van der Waals surface area contributed by atoms with E-state index in [0.717, 1.165) is 0 Å². The molecule has 0 saturated heterocycles. The van der Waals surface area contributed by atoms with Gasteiger partial charge in [0.05, 0.1) is 5.97 Å². The summed E-state index contributed by atoms with van der Waals surface area (Å²) in [5, 5.41) is 9.75. The summed E-state index contributed by atoms with van der Waals surface area (Å²) in [6.07, 6.45) is 1.50. The second-order valence-corrected chi connectivity index (χ2v) is 1.26. The van der Waals surface area contributed by atoms with Crippen LogP contribution in [0, 0.1) is 0 Å². The van der Waals surface area contributed by atoms with Gasteiger partial charge in [-0.15, -0.1) is 0 Å². The highest BCUT2D eigenvalue weighted by Gasteiger charge is 1.80. The van der Waals surface area contributed by atoms with Gasteiger partial charge in [-0.3, -0.25) is 0 Å². The molecule has 2 heteroatoms. The van der Waals surface area contributed by atoms with Crippen molar-refractivity contribution in [1.82, 2.24) is 0 Å². The highest BCUT2D eigenvalue weighted by molar-refractivity contribution is 5.83. The lowest BCUT2D eigenvalue weighted by atomic mass is 10.3. The number of rotatable bonds is 1. The minimum atomic E-state index is -1.09. The lowest BCUT2D eigenvalue weighted by Crippen LogP contribution is -2.22. The van der Waals surface area contributed by atoms with E-state index in [0.29, 0.717) is 0 Å². The number of carbonyl (C=O) groups is 1. The van der Waals surface area contributed by atoms with E-state index in [1.165, 1.54) is 13.0 Å². The molecule has 0 unspecified atom stereocenters. The highest BCUT2D eigenvalue weighted by Crippen LogP contribution is 1.85. The van der Waals surface area contributed by atoms with Gasteiger partial charge in [-0.25, -0.2) is 0 Å². The van der Waals surface area contributed by atoms with Crippen LogP contribution in [-0.4, -0.2) is 5.97 Å². The number of carbonyl (C=O) groups excluding carboxylic acids is 1. The van der Waals surface area contributed by atoms with Crippen molar-refractivity contribution >= 4 is 5.97 Å². The molecule has 0 aliphatic heterocycles. The average molecular weight is 99.1 g/mol. The van der Waals surface area contributed by atoms with Crippen LogP contribution >= 0.6 is 0 Å². The largest absolute Gasteiger partial charge is 0.545 e. The second-order valence-electron chi connectivity index (χ2n) is 1.26. The third kappa shape index (κ3) is 1.98. The van der Waals surface area contributed by atoms with E-state index in [-0.39, 0.29) is 5.57 Å². The van der Waals surface area contributed by atoms with E-state index >= 15 is 0 Å². The van der Waals surface area contributed by atoms with Gasteiger partial charge in [-0.2, -0.15) is 0 Å². The van der Waals surface area contributed by atoms with E-state index in [1.807, 2.05) is 0 Å². The number of hydrogen-bond acceptors (Lipinski definition) is 2. The van der Waals surface area contributed by atoms with E-state index in [9.17, 15) is 9.90 Å². The fraction of sp³-hybridized carbons (Fsp3) is 0.400. The summed E-state index contributed by atoms with van der Waals surface area (Å²) in [7, 11) is 0. The molecule has 0 radical (unpaired) electrons. The summed E-state index contributed by atoms with van der Waals surface area (Å²) >= 11 is 0. The van der Waals surface area contributed by atoms with Crippen LogP contribution in [0.5, 0.6) is 0 Å². The van der Waals surface area contributed by atoms with Crippen LogP contribution in [0.4, 0.5) is 0 Å². The maximum atomic E-state index is 9.75. The molecule has 40 valence electrons. The first-order valence-electron chi connectivity index (χ1n) is 2.02. The molecule has 0 amide bonds. The lowest BCUT2D eigenvalue weighted by Gasteiger charge is -1.96. The molecule has 7 heavy (non-hydrogen) atoms. The molecular formula is C5H7O2-. The van der Waals surface area contributed by atoms with Gasteiger partial charge in [0.25, 0.3) is 0 Å². The monoisotopic (exact) mass is 99.0 g/mol. The van der Waals surface area contributed by atoms with Crippen molar-refractivity contribution in [3.63, 3.8) is 0 Å². The van der Waals surface area contributed by atoms with Crippen LogP contribution in [0.3, 0.4) is 0 Å². The summed E-state index contributed by atoms with van der Waals surface area (Å²) in [5.74, 6) is -1.09. The summed E-state index contributed by atoms with van der Waals surface area (Å²) in [6.45, 7) is 3.15. The van der Waals surface area contributed by atoms with Crippen molar-refractivity contribution in [2.24, 2.45) is 0 Å². The number of aliphatic carboxylic acids is 1. The van der Waals surface area contributed by atoms with Crippen LogP contribution in [0.25, 0.3) is 0 Å². The molecule has 0 spiro atoms. The number of hydrogen-bond donors (Lipinski definition) is 0. The van der Waals surface area contributed by atoms with E-state index < -0.39 is 5.97 Å². The molecule has 0 bridgehead atoms. The molecule has 0 aromatic heterocycles. The first kappa shape index (κ1) is 6.21. The van der Waals surface area contributed by atoms with Crippen molar-refractivity contribution in [2.45, 2.75) is 13.8 Å². The third-order valence-electron chi connectivity index (χ3n) is 0.755. The van der Waals surface area contributed by atoms with Crippen molar-refractivity contribution in [1.29, 1.82) is 0 Å². The minimum absolute atomic E-state index is 0.278. The molecule has 0 aliphatic carbocycles. The molecule has 0 atom stereocenters. The van der Waals surface area contributed by atoms with Crippen molar-refractivity contribution in [2.75, 3.05) is 0 Å². The van der Waals surface area contributed by atoms with Crippen LogP contribution < -0.4 is 5.11 Å². The van der Waals surface area contributed by atoms with Gasteiger partial charge >= 0.3 is 0 Å². The third-order valence-corrected chi connectivity index (χ3v) is 0.755. The predicted octanol–water partition coefficient (Wildman–Crippen LogP) is -0.298. The fourth-order valence-corrected chi connectivity index (χ4v) is 0.118. The molecule has 0 aromatic rings. The Hall–Kier alpha value is -0.790. The molecule has 0 rings (SSSR count). The molecule has 0 saturated carbocycles. The molecule has 2 nitrogen and oxygen atoms in total. The second kappa shape index (κ2) is 2.39. The Morgan fingerprint density at radius 1 is 1.71 bits per heavy atom. The van der Waals surface area contributed by atoms with Gasteiger partial charge in [-0.1, -0.05) is 6.08 Å². The van der Waals surface area contributed by atoms with E-state index in [1.54, 1.807) is 6.92 Å². The van der Waals surface area contributed by atoms with Crippen LogP contribution in [-0.2, 0) is 4.79 Å². The maximum absolute atomic E-state index is 9.75. The Labute approximate surface area is 42.5 Å². The molecule has 0 heterocycles. The van der Waals surface area contributed by atoms with Gasteiger partial charge < -0.3 is 9.90 Å². The first-order chi connectivity index (χ1) is 3.18. The molecular weight excluding hydrogens is 92.1 g/mol. The molecule has 0 aromatic carbocycles. The average Bonchev–Trinajstić information content (AvgIpc) is 1.65. The normalized spacial score (nSPS) is 11.4. The van der Waals surface area contributed by atoms with Crippen LogP contribution in [0.15, 0.2) is 11.6 Å². The standard InChI is InChI=1S/C5H8O2/c1-3-4(2)5(6)7/h3H,1-2H3,(H,6,7)/p-1/b4-3-. The van der Waals surface area contributed by atoms with Gasteiger partial charge in [-0.05, 0) is 19.4 Å². The topological polar surface area (TPSA) is 40.1 Å². The Morgan fingerprint density at radius 3 is 2.14 bits per heavy atom. The number of carboxylic acid groups (broad SMARTS) is 1. The first-order valence-corrected chi connectivity index (χ1v) is 2.02. The number of carboxylic acids is 1. The van der Waals surface area contributed by atoms with Crippen LogP contribution in [0.1, 0.15) is 13.8 Å². The zero-order valence-electron chi connectivity index (χ0n) is 4.39. The number of allylic oxidation sites excluding steroid dienone is 1. The van der Waals surface area contributed by atoms with Gasteiger partial charge in [0, 0.05) is 0 Å². The Kier molecular flexibility index (Phi) is 2.12. The van der Waals surface area contributed by atoms with E-state index in [2.05, 4.69) is 0 Å². The van der Waals surface area contributed by atoms with Gasteiger partial charge in [0.1, 0.15) is 0 Å². The van der Waals surface area contributed by atoms with Crippen molar-refractivity contribution in [3.8, 4) is 0 Å². The molecule has 0 aliphatic rings. The Morgan fingerprint density at radius 2 is 2.14 bits per heavy atom. The predicted molar refractivity (Wildman–Crippen MR) is 24.4 cm³/mol. The van der Waals surface area contributed by atoms with Crippen LogP contribution in [0.2, 0.25) is 0 Å². The maximum Gasteiger partial charge on any atom is 0.0668 e. The minimum Gasteiger partial charge on any atom is -0.545 e. The summed E-state index contributed by atoms with van der Waals surface area (Å²) in [5.41, 5.74) is 0.278. The zero-order valence-corrected chi connectivity index (χ0v) is 4.39. The highest BCUT2D eigenvalue weighted by atomic mass is 16.4. The quantitative estimate of drug-likeness (QED) is 0.423. The lowest BCUT2D eigenvalue weighted by molar-refractivity contribution is -0.299. The van der Waals surface area contributed by atoms with Crippen molar-refractivity contribution < 1.29 is 9.90 Å². The zero-order chi connectivity index (χ0) is 5.86. The van der Waals surface area contributed by atoms with E-state index in [4.69, 9.17) is 0 Å². The van der Waals surface area contributed by atoms with Gasteiger partial charge in [0.15, 0.2) is 0 Å². The van der Waals surface area contributed by atoms with Gasteiger partial charge in [0.2, 0.25) is 0 Å². The molecule has 0 fully saturated rings.